The molecular formula is C30H29N5S. The Bertz CT molecular complexity index is 1440. The van der Waals surface area contributed by atoms with Gasteiger partial charge in [-0.3, -0.25) is 20.7 Å². The lowest BCUT2D eigenvalue weighted by Gasteiger charge is -2.21. The van der Waals surface area contributed by atoms with Crippen molar-refractivity contribution in [1.29, 1.82) is 10.8 Å². The molecule has 6 heteroatoms. The Kier molecular flexibility index (Phi) is 7.36. The molecule has 0 radical (unpaired) electrons. The lowest BCUT2D eigenvalue weighted by atomic mass is 9.99. The van der Waals surface area contributed by atoms with Crippen LogP contribution in [0.2, 0.25) is 0 Å². The van der Waals surface area contributed by atoms with Crippen LogP contribution in [0.1, 0.15) is 34.1 Å². The number of amidine groups is 2. The Labute approximate surface area is 216 Å². The number of aliphatic imine (C=N–C) groups is 2. The van der Waals surface area contributed by atoms with Crippen LogP contribution in [-0.2, 0) is 0 Å². The maximum atomic E-state index is 8.51. The van der Waals surface area contributed by atoms with Crippen LogP contribution in [0.3, 0.4) is 0 Å². The standard InChI is InChI=1S/C30H29N5S/c1-6-11-22(7-2)28(23-12-9-8-10-13-23)34-25-16-14-24(15-17-25)29-27-19(3)20(4)36-30(27)35(21(5)31)26(32)18-33-29/h6-17,31-32H,1-2,18H2,3-5H3/b22-11+,31-21?,32-26?,34-28?. The molecule has 3 aromatic rings. The zero-order chi connectivity index (χ0) is 25.8. The van der Waals surface area contributed by atoms with Gasteiger partial charge in [0.1, 0.15) is 16.7 Å². The van der Waals surface area contributed by atoms with Crippen molar-refractivity contribution in [1.82, 2.24) is 0 Å². The third kappa shape index (κ3) is 4.81. The summed E-state index contributed by atoms with van der Waals surface area (Å²) < 4.78 is 0. The second-order valence-corrected chi connectivity index (χ2v) is 9.63. The zero-order valence-corrected chi connectivity index (χ0v) is 21.6. The van der Waals surface area contributed by atoms with Crippen molar-refractivity contribution in [2.45, 2.75) is 20.8 Å². The van der Waals surface area contributed by atoms with E-state index in [1.165, 1.54) is 0 Å². The van der Waals surface area contributed by atoms with Gasteiger partial charge in [-0.1, -0.05) is 73.9 Å². The third-order valence-corrected chi connectivity index (χ3v) is 7.21. The first kappa shape index (κ1) is 24.9. The molecule has 0 atom stereocenters. The van der Waals surface area contributed by atoms with E-state index < -0.39 is 0 Å². The maximum Gasteiger partial charge on any atom is 0.129 e. The van der Waals surface area contributed by atoms with E-state index in [1.54, 1.807) is 35.3 Å². The van der Waals surface area contributed by atoms with Gasteiger partial charge in [-0.25, -0.2) is 4.99 Å². The first-order valence-electron chi connectivity index (χ1n) is 11.6. The Morgan fingerprint density at radius 2 is 1.78 bits per heavy atom. The summed E-state index contributed by atoms with van der Waals surface area (Å²) in [6.07, 6.45) is 5.43. The minimum absolute atomic E-state index is 0.221. The van der Waals surface area contributed by atoms with Crippen molar-refractivity contribution >= 4 is 45.1 Å². The van der Waals surface area contributed by atoms with Crippen LogP contribution in [0.5, 0.6) is 0 Å². The molecule has 1 aliphatic rings. The SMILES string of the molecule is C=C/C=C(\C=C)C(=Nc1ccc(C2=NCC(=N)N(C(C)=N)c3sc(C)c(C)c32)cc1)c1ccccc1. The number of allylic oxidation sites excluding steroid dienone is 4. The van der Waals surface area contributed by atoms with Crippen molar-refractivity contribution in [2.24, 2.45) is 9.98 Å². The lowest BCUT2D eigenvalue weighted by molar-refractivity contribution is 1.20. The third-order valence-electron chi connectivity index (χ3n) is 6.02. The largest absolute Gasteiger partial charge is 0.288 e. The number of benzene rings is 2. The van der Waals surface area contributed by atoms with Gasteiger partial charge in [-0.15, -0.1) is 11.3 Å². The quantitative estimate of drug-likeness (QED) is 0.210. The zero-order valence-electron chi connectivity index (χ0n) is 20.8. The molecule has 36 heavy (non-hydrogen) atoms. The lowest BCUT2D eigenvalue weighted by Crippen LogP contribution is -2.35. The van der Waals surface area contributed by atoms with Crippen molar-refractivity contribution in [3.05, 3.63) is 119 Å². The highest BCUT2D eigenvalue weighted by molar-refractivity contribution is 7.17. The highest BCUT2D eigenvalue weighted by atomic mass is 32.1. The summed E-state index contributed by atoms with van der Waals surface area (Å²) in [5.74, 6) is 0.627. The molecule has 2 N–H and O–H groups in total. The van der Waals surface area contributed by atoms with E-state index in [-0.39, 0.29) is 6.54 Å². The van der Waals surface area contributed by atoms with Gasteiger partial charge < -0.3 is 0 Å². The molecule has 0 saturated heterocycles. The fourth-order valence-corrected chi connectivity index (χ4v) is 5.38. The second kappa shape index (κ2) is 10.6. The van der Waals surface area contributed by atoms with Crippen molar-refractivity contribution in [3.63, 3.8) is 0 Å². The van der Waals surface area contributed by atoms with Crippen LogP contribution in [0.15, 0.2) is 102 Å². The fraction of sp³-hybridized carbons (Fsp3) is 0.133. The molecule has 0 bridgehead atoms. The number of hydrogen-bond acceptors (Lipinski definition) is 5. The molecule has 2 heterocycles. The molecule has 0 unspecified atom stereocenters. The molecular weight excluding hydrogens is 462 g/mol. The van der Waals surface area contributed by atoms with Crippen LogP contribution in [-0.4, -0.2) is 29.6 Å². The molecule has 1 aliphatic heterocycles. The molecule has 5 nitrogen and oxygen atoms in total. The van der Waals surface area contributed by atoms with Gasteiger partial charge in [0, 0.05) is 27.1 Å². The number of aryl methyl sites for hydroxylation is 1. The molecule has 0 aliphatic carbocycles. The number of fused-ring (bicyclic) bond motifs is 1. The number of nitrogens with one attached hydrogen (secondary N) is 2. The first-order valence-corrected chi connectivity index (χ1v) is 12.4. The predicted octanol–water partition coefficient (Wildman–Crippen LogP) is 7.42. The number of rotatable bonds is 6. The summed E-state index contributed by atoms with van der Waals surface area (Å²) in [4.78, 5) is 12.6. The molecule has 4 rings (SSSR count). The van der Waals surface area contributed by atoms with Crippen molar-refractivity contribution in [3.8, 4) is 0 Å². The minimum Gasteiger partial charge on any atom is -0.288 e. The van der Waals surface area contributed by atoms with E-state index in [0.29, 0.717) is 11.7 Å². The Balaban J connectivity index is 1.79. The minimum atomic E-state index is 0.221. The molecule has 1 aromatic heterocycles. The summed E-state index contributed by atoms with van der Waals surface area (Å²) in [6, 6.07) is 18.1. The van der Waals surface area contributed by atoms with Gasteiger partial charge in [0.15, 0.2) is 0 Å². The van der Waals surface area contributed by atoms with Gasteiger partial charge in [-0.2, -0.15) is 0 Å². The smallest absolute Gasteiger partial charge is 0.129 e. The number of hydrogen-bond donors (Lipinski definition) is 2. The van der Waals surface area contributed by atoms with Crippen LogP contribution in [0, 0.1) is 24.7 Å². The van der Waals surface area contributed by atoms with E-state index in [2.05, 4.69) is 27.0 Å². The Hall–Kier alpha value is -4.16. The molecule has 0 spiro atoms. The van der Waals surface area contributed by atoms with Crippen LogP contribution in [0.25, 0.3) is 0 Å². The van der Waals surface area contributed by atoms with Gasteiger partial charge in [0.2, 0.25) is 0 Å². The Morgan fingerprint density at radius 1 is 1.08 bits per heavy atom. The average molecular weight is 492 g/mol. The van der Waals surface area contributed by atoms with Crippen LogP contribution >= 0.6 is 11.3 Å². The van der Waals surface area contributed by atoms with E-state index in [1.807, 2.05) is 60.7 Å². The summed E-state index contributed by atoms with van der Waals surface area (Å²) >= 11 is 1.61. The summed E-state index contributed by atoms with van der Waals surface area (Å²) in [5, 5.41) is 17.6. The van der Waals surface area contributed by atoms with Gasteiger partial charge >= 0.3 is 0 Å². The van der Waals surface area contributed by atoms with Crippen molar-refractivity contribution in [2.75, 3.05) is 11.4 Å². The van der Waals surface area contributed by atoms with Crippen LogP contribution in [0.4, 0.5) is 10.7 Å². The molecule has 0 amide bonds. The second-order valence-electron chi connectivity index (χ2n) is 8.43. The van der Waals surface area contributed by atoms with Crippen molar-refractivity contribution < 1.29 is 0 Å². The molecule has 0 fully saturated rings. The van der Waals surface area contributed by atoms with E-state index in [9.17, 15) is 0 Å². The van der Waals surface area contributed by atoms with Gasteiger partial charge in [-0.05, 0) is 38.5 Å². The number of nitrogens with zero attached hydrogens (tertiary/aromatic N) is 3. The topological polar surface area (TPSA) is 75.7 Å². The summed E-state index contributed by atoms with van der Waals surface area (Å²) in [6.45, 7) is 13.9. The first-order chi connectivity index (χ1) is 17.3. The maximum absolute atomic E-state index is 8.51. The predicted molar refractivity (Wildman–Crippen MR) is 155 cm³/mol. The normalized spacial score (nSPS) is 14.1. The molecule has 0 saturated carbocycles. The Morgan fingerprint density at radius 3 is 2.39 bits per heavy atom. The van der Waals surface area contributed by atoms with Gasteiger partial charge in [0.05, 0.1) is 23.7 Å². The molecule has 180 valence electrons. The fourth-order valence-electron chi connectivity index (χ4n) is 4.15. The number of anilines is 1. The highest BCUT2D eigenvalue weighted by Crippen LogP contribution is 2.39. The monoisotopic (exact) mass is 491 g/mol. The number of thiophene rings is 1. The summed E-state index contributed by atoms with van der Waals surface area (Å²) in [5.41, 5.74) is 7.45. The van der Waals surface area contributed by atoms with E-state index >= 15 is 0 Å². The van der Waals surface area contributed by atoms with E-state index in [4.69, 9.17) is 20.8 Å². The van der Waals surface area contributed by atoms with Gasteiger partial charge in [0.25, 0.3) is 0 Å². The van der Waals surface area contributed by atoms with E-state index in [0.717, 1.165) is 54.8 Å². The average Bonchev–Trinajstić information content (AvgIpc) is 3.06. The molecule has 2 aromatic carbocycles. The summed E-state index contributed by atoms with van der Waals surface area (Å²) in [7, 11) is 0. The highest BCUT2D eigenvalue weighted by Gasteiger charge is 2.29. The van der Waals surface area contributed by atoms with Crippen LogP contribution < -0.4 is 4.90 Å².